The molecule has 0 bridgehead atoms. The maximum absolute atomic E-state index is 12.0. The van der Waals surface area contributed by atoms with Crippen molar-refractivity contribution in [2.24, 2.45) is 0 Å². The minimum atomic E-state index is -0.653. The van der Waals surface area contributed by atoms with Gasteiger partial charge in [0.2, 0.25) is 0 Å². The van der Waals surface area contributed by atoms with E-state index in [1.807, 2.05) is 67.6 Å². The molecule has 0 spiro atoms. The van der Waals surface area contributed by atoms with Crippen LogP contribution in [0.3, 0.4) is 0 Å². The second-order valence-corrected chi connectivity index (χ2v) is 4.68. The van der Waals surface area contributed by atoms with Gasteiger partial charge >= 0.3 is 5.97 Å². The van der Waals surface area contributed by atoms with Crippen molar-refractivity contribution in [2.45, 2.75) is 6.92 Å². The third kappa shape index (κ3) is 3.78. The lowest BCUT2D eigenvalue weighted by molar-refractivity contribution is -0.135. The van der Waals surface area contributed by atoms with Crippen LogP contribution in [0.25, 0.3) is 5.57 Å². The molecular formula is C19H17NO3. The zero-order valence-electron chi connectivity index (χ0n) is 13.1. The maximum Gasteiger partial charge on any atom is 0.349 e. The summed E-state index contributed by atoms with van der Waals surface area (Å²) < 4.78 is 10.2. The lowest BCUT2D eigenvalue weighted by atomic mass is 9.93. The molecule has 0 radical (unpaired) electrons. The summed E-state index contributed by atoms with van der Waals surface area (Å²) in [6, 6.07) is 18.5. The monoisotopic (exact) mass is 307 g/mol. The molecule has 0 unspecified atom stereocenters. The van der Waals surface area contributed by atoms with Crippen molar-refractivity contribution < 1.29 is 14.3 Å². The van der Waals surface area contributed by atoms with E-state index in [0.29, 0.717) is 12.2 Å². The molecule has 23 heavy (non-hydrogen) atoms. The van der Waals surface area contributed by atoms with Gasteiger partial charge in [0, 0.05) is 5.57 Å². The van der Waals surface area contributed by atoms with Crippen LogP contribution in [0.5, 0.6) is 5.75 Å². The number of nitriles is 1. The van der Waals surface area contributed by atoms with Gasteiger partial charge in [-0.15, -0.1) is 0 Å². The van der Waals surface area contributed by atoms with Crippen LogP contribution in [0, 0.1) is 11.3 Å². The third-order valence-corrected chi connectivity index (χ3v) is 3.27. The molecule has 4 heteroatoms. The van der Waals surface area contributed by atoms with Crippen molar-refractivity contribution in [3.63, 3.8) is 0 Å². The van der Waals surface area contributed by atoms with Gasteiger partial charge in [0.05, 0.1) is 13.7 Å². The van der Waals surface area contributed by atoms with E-state index in [9.17, 15) is 10.1 Å². The lowest BCUT2D eigenvalue weighted by Gasteiger charge is -2.11. The minimum absolute atomic E-state index is 0.0251. The summed E-state index contributed by atoms with van der Waals surface area (Å²) in [4.78, 5) is 12.0. The fourth-order valence-corrected chi connectivity index (χ4v) is 2.25. The molecular weight excluding hydrogens is 290 g/mol. The first-order valence-electron chi connectivity index (χ1n) is 7.22. The molecule has 0 fully saturated rings. The lowest BCUT2D eigenvalue weighted by Crippen LogP contribution is -2.07. The second kappa shape index (κ2) is 7.81. The first kappa shape index (κ1) is 16.3. The van der Waals surface area contributed by atoms with E-state index in [2.05, 4.69) is 0 Å². The van der Waals surface area contributed by atoms with Crippen LogP contribution >= 0.6 is 0 Å². The van der Waals surface area contributed by atoms with E-state index in [4.69, 9.17) is 9.47 Å². The maximum atomic E-state index is 12.0. The van der Waals surface area contributed by atoms with Crippen LogP contribution < -0.4 is 4.74 Å². The van der Waals surface area contributed by atoms with Crippen molar-refractivity contribution in [3.05, 3.63) is 71.3 Å². The van der Waals surface area contributed by atoms with E-state index in [1.165, 1.54) is 7.11 Å². The Labute approximate surface area is 135 Å². The van der Waals surface area contributed by atoms with E-state index < -0.39 is 5.97 Å². The summed E-state index contributed by atoms with van der Waals surface area (Å²) in [5.41, 5.74) is 2.05. The highest BCUT2D eigenvalue weighted by Crippen LogP contribution is 2.28. The number of hydrogen-bond donors (Lipinski definition) is 0. The predicted octanol–water partition coefficient (Wildman–Crippen LogP) is 3.58. The molecule has 0 aliphatic rings. The molecule has 0 aromatic heterocycles. The number of carbonyl (C=O) groups is 1. The van der Waals surface area contributed by atoms with Crippen LogP contribution in [-0.4, -0.2) is 19.7 Å². The molecule has 0 aliphatic heterocycles. The van der Waals surface area contributed by atoms with Crippen LogP contribution in [0.4, 0.5) is 0 Å². The van der Waals surface area contributed by atoms with E-state index in [-0.39, 0.29) is 5.57 Å². The molecule has 0 saturated heterocycles. The summed E-state index contributed by atoms with van der Waals surface area (Å²) in [7, 11) is 1.26. The molecule has 2 aromatic carbocycles. The molecule has 2 aromatic rings. The molecule has 0 N–H and O–H groups in total. The topological polar surface area (TPSA) is 59.3 Å². The van der Waals surface area contributed by atoms with E-state index >= 15 is 0 Å². The third-order valence-electron chi connectivity index (χ3n) is 3.27. The van der Waals surface area contributed by atoms with Crippen LogP contribution in [0.2, 0.25) is 0 Å². The quantitative estimate of drug-likeness (QED) is 0.481. The van der Waals surface area contributed by atoms with Gasteiger partial charge in [-0.25, -0.2) is 4.79 Å². The SMILES string of the molecule is CCOc1ccc(C(=C(C#N)C(=O)OC)c2ccccc2)cc1. The normalized spacial score (nSPS) is 11.2. The average molecular weight is 307 g/mol. The van der Waals surface area contributed by atoms with Gasteiger partial charge in [-0.2, -0.15) is 5.26 Å². The van der Waals surface area contributed by atoms with Crippen molar-refractivity contribution >= 4 is 11.5 Å². The largest absolute Gasteiger partial charge is 0.494 e. The molecule has 0 saturated carbocycles. The Bertz CT molecular complexity index is 740. The Balaban J connectivity index is 2.61. The fourth-order valence-electron chi connectivity index (χ4n) is 2.25. The Hall–Kier alpha value is -3.06. The van der Waals surface area contributed by atoms with Crippen molar-refractivity contribution in [1.29, 1.82) is 5.26 Å². The van der Waals surface area contributed by atoms with Crippen LogP contribution in [-0.2, 0) is 9.53 Å². The number of methoxy groups -OCH3 is 1. The van der Waals surface area contributed by atoms with Gasteiger partial charge in [0.1, 0.15) is 17.4 Å². The van der Waals surface area contributed by atoms with Crippen molar-refractivity contribution in [3.8, 4) is 11.8 Å². The predicted molar refractivity (Wildman–Crippen MR) is 87.7 cm³/mol. The standard InChI is InChI=1S/C19H17NO3/c1-3-23-16-11-9-15(10-12-16)18(14-7-5-4-6-8-14)17(13-20)19(21)22-2/h4-12H,3H2,1-2H3. The highest BCUT2D eigenvalue weighted by atomic mass is 16.5. The van der Waals surface area contributed by atoms with Crippen molar-refractivity contribution in [2.75, 3.05) is 13.7 Å². The molecule has 0 atom stereocenters. The number of rotatable bonds is 5. The summed E-state index contributed by atoms with van der Waals surface area (Å²) in [5, 5.41) is 9.43. The number of esters is 1. The Kier molecular flexibility index (Phi) is 5.54. The van der Waals surface area contributed by atoms with Crippen LogP contribution in [0.1, 0.15) is 18.1 Å². The Morgan fingerprint density at radius 1 is 1.04 bits per heavy atom. The van der Waals surface area contributed by atoms with Gasteiger partial charge in [0.25, 0.3) is 0 Å². The zero-order valence-corrected chi connectivity index (χ0v) is 13.1. The molecule has 0 heterocycles. The Morgan fingerprint density at radius 2 is 1.65 bits per heavy atom. The van der Waals surface area contributed by atoms with Crippen LogP contribution in [0.15, 0.2) is 60.2 Å². The molecule has 0 aliphatic carbocycles. The molecule has 4 nitrogen and oxygen atoms in total. The smallest absolute Gasteiger partial charge is 0.349 e. The highest BCUT2D eigenvalue weighted by Gasteiger charge is 2.19. The number of ether oxygens (including phenoxy) is 2. The van der Waals surface area contributed by atoms with Gasteiger partial charge in [-0.05, 0) is 30.2 Å². The Morgan fingerprint density at radius 3 is 2.17 bits per heavy atom. The molecule has 0 amide bonds. The van der Waals surface area contributed by atoms with Gasteiger partial charge < -0.3 is 9.47 Å². The number of hydrogen-bond acceptors (Lipinski definition) is 4. The minimum Gasteiger partial charge on any atom is -0.494 e. The summed E-state index contributed by atoms with van der Waals surface area (Å²) in [6.07, 6.45) is 0. The van der Waals surface area contributed by atoms with Gasteiger partial charge in [-0.1, -0.05) is 42.5 Å². The summed E-state index contributed by atoms with van der Waals surface area (Å²) in [5.74, 6) is 0.0838. The zero-order chi connectivity index (χ0) is 16.7. The summed E-state index contributed by atoms with van der Waals surface area (Å²) in [6.45, 7) is 2.49. The highest BCUT2D eigenvalue weighted by molar-refractivity contribution is 6.05. The fraction of sp³-hybridized carbons (Fsp3) is 0.158. The molecule has 2 rings (SSSR count). The van der Waals surface area contributed by atoms with Crippen molar-refractivity contribution in [1.82, 2.24) is 0 Å². The number of carbonyl (C=O) groups excluding carboxylic acids is 1. The summed E-state index contributed by atoms with van der Waals surface area (Å²) >= 11 is 0. The number of benzene rings is 2. The van der Waals surface area contributed by atoms with Gasteiger partial charge in [0.15, 0.2) is 0 Å². The first-order chi connectivity index (χ1) is 11.2. The molecule has 116 valence electrons. The second-order valence-electron chi connectivity index (χ2n) is 4.68. The van der Waals surface area contributed by atoms with Gasteiger partial charge in [-0.3, -0.25) is 0 Å². The first-order valence-corrected chi connectivity index (χ1v) is 7.22. The van der Waals surface area contributed by atoms with E-state index in [1.54, 1.807) is 0 Å². The average Bonchev–Trinajstić information content (AvgIpc) is 2.61. The van der Waals surface area contributed by atoms with E-state index in [0.717, 1.165) is 16.9 Å². The number of nitrogens with zero attached hydrogens (tertiary/aromatic N) is 1.